The molecule has 0 bridgehead atoms. The van der Waals surface area contributed by atoms with Crippen LogP contribution in [-0.4, -0.2) is 38.3 Å². The maximum atomic E-state index is 12.5. The zero-order valence-electron chi connectivity index (χ0n) is 12.9. The summed E-state index contributed by atoms with van der Waals surface area (Å²) in [6.07, 6.45) is 4.08. The minimum Gasteiger partial charge on any atom is -0.394 e. The van der Waals surface area contributed by atoms with Gasteiger partial charge in [0.1, 0.15) is 5.56 Å². The summed E-state index contributed by atoms with van der Waals surface area (Å²) in [5.74, 6) is -0.246. The van der Waals surface area contributed by atoms with Gasteiger partial charge in [-0.05, 0) is 24.8 Å². The fourth-order valence-corrected chi connectivity index (χ4v) is 2.42. The van der Waals surface area contributed by atoms with Crippen molar-refractivity contribution < 1.29 is 9.90 Å². The minimum absolute atomic E-state index is 0.0229. The molecule has 0 saturated carbocycles. The molecule has 114 valence electrons. The average molecular weight is 290 g/mol. The maximum Gasteiger partial charge on any atom is 0.257 e. The van der Waals surface area contributed by atoms with Gasteiger partial charge in [-0.3, -0.25) is 4.79 Å². The first-order valence-corrected chi connectivity index (χ1v) is 7.03. The standard InChI is InChI=1S/C15H22N4O2/c1-10-12(13-16-6-5-7-19(13)18-10)14(21)17-11(9-20)8-15(2,3)4/h5-7,11,20H,8-9H2,1-4H3,(H,17,21). The van der Waals surface area contributed by atoms with E-state index in [1.165, 1.54) is 0 Å². The van der Waals surface area contributed by atoms with Crippen LogP contribution in [0.15, 0.2) is 18.5 Å². The van der Waals surface area contributed by atoms with Crippen molar-refractivity contribution in [2.24, 2.45) is 5.41 Å². The number of aliphatic hydroxyl groups excluding tert-OH is 1. The molecule has 2 N–H and O–H groups in total. The van der Waals surface area contributed by atoms with E-state index in [-0.39, 0.29) is 24.0 Å². The molecule has 0 fully saturated rings. The van der Waals surface area contributed by atoms with Crippen LogP contribution in [0.5, 0.6) is 0 Å². The molecule has 0 aromatic carbocycles. The van der Waals surface area contributed by atoms with E-state index in [2.05, 4.69) is 36.2 Å². The van der Waals surface area contributed by atoms with Crippen molar-refractivity contribution in [1.82, 2.24) is 19.9 Å². The van der Waals surface area contributed by atoms with Gasteiger partial charge in [-0.15, -0.1) is 0 Å². The first-order chi connectivity index (χ1) is 9.81. The minimum atomic E-state index is -0.282. The summed E-state index contributed by atoms with van der Waals surface area (Å²) in [6.45, 7) is 7.91. The number of nitrogens with zero attached hydrogens (tertiary/aromatic N) is 3. The maximum absolute atomic E-state index is 12.5. The number of fused-ring (bicyclic) bond motifs is 1. The van der Waals surface area contributed by atoms with E-state index in [1.54, 1.807) is 29.9 Å². The van der Waals surface area contributed by atoms with Gasteiger partial charge in [-0.25, -0.2) is 9.50 Å². The first-order valence-electron chi connectivity index (χ1n) is 7.03. The molecule has 2 heterocycles. The third-order valence-corrected chi connectivity index (χ3v) is 3.21. The Bertz CT molecular complexity index is 643. The number of rotatable bonds is 4. The van der Waals surface area contributed by atoms with E-state index in [1.807, 2.05) is 0 Å². The number of nitrogens with one attached hydrogen (secondary N) is 1. The lowest BCUT2D eigenvalue weighted by Crippen LogP contribution is -2.40. The topological polar surface area (TPSA) is 79.5 Å². The quantitative estimate of drug-likeness (QED) is 0.895. The second kappa shape index (κ2) is 5.81. The second-order valence-electron chi connectivity index (χ2n) is 6.47. The Hall–Kier alpha value is -1.95. The lowest BCUT2D eigenvalue weighted by atomic mass is 9.88. The number of aryl methyl sites for hydroxylation is 1. The van der Waals surface area contributed by atoms with Gasteiger partial charge in [0.25, 0.3) is 5.91 Å². The van der Waals surface area contributed by atoms with Crippen molar-refractivity contribution in [2.45, 2.75) is 40.2 Å². The Kier molecular flexibility index (Phi) is 4.27. The van der Waals surface area contributed by atoms with Crippen LogP contribution in [0.25, 0.3) is 5.65 Å². The van der Waals surface area contributed by atoms with Crippen molar-refractivity contribution >= 4 is 11.6 Å². The van der Waals surface area contributed by atoms with Crippen LogP contribution in [-0.2, 0) is 0 Å². The lowest BCUT2D eigenvalue weighted by molar-refractivity contribution is 0.0898. The van der Waals surface area contributed by atoms with Crippen molar-refractivity contribution in [3.05, 3.63) is 29.7 Å². The monoisotopic (exact) mass is 290 g/mol. The molecule has 0 spiro atoms. The molecule has 1 unspecified atom stereocenters. The Balaban J connectivity index is 2.24. The number of amides is 1. The van der Waals surface area contributed by atoms with E-state index in [0.717, 1.165) is 0 Å². The highest BCUT2D eigenvalue weighted by Gasteiger charge is 2.23. The Morgan fingerprint density at radius 1 is 1.48 bits per heavy atom. The van der Waals surface area contributed by atoms with Crippen molar-refractivity contribution in [3.63, 3.8) is 0 Å². The summed E-state index contributed by atoms with van der Waals surface area (Å²) in [6, 6.07) is 1.48. The third-order valence-electron chi connectivity index (χ3n) is 3.21. The van der Waals surface area contributed by atoms with Crippen LogP contribution < -0.4 is 5.32 Å². The van der Waals surface area contributed by atoms with Gasteiger partial charge in [-0.2, -0.15) is 5.10 Å². The number of hydrogen-bond donors (Lipinski definition) is 2. The van der Waals surface area contributed by atoms with Gasteiger partial charge in [0.05, 0.1) is 18.3 Å². The molecule has 2 aromatic rings. The summed E-state index contributed by atoms with van der Waals surface area (Å²) in [5, 5.41) is 16.6. The van der Waals surface area contributed by atoms with Gasteiger partial charge in [0.2, 0.25) is 0 Å². The molecule has 2 aromatic heterocycles. The van der Waals surface area contributed by atoms with Crippen LogP contribution in [0, 0.1) is 12.3 Å². The van der Waals surface area contributed by atoms with Crippen LogP contribution >= 0.6 is 0 Å². The molecule has 0 aliphatic heterocycles. The van der Waals surface area contributed by atoms with E-state index < -0.39 is 0 Å². The average Bonchev–Trinajstić information content (AvgIpc) is 2.72. The predicted molar refractivity (Wildman–Crippen MR) is 80.1 cm³/mol. The summed E-state index contributed by atoms with van der Waals surface area (Å²) in [7, 11) is 0. The van der Waals surface area contributed by atoms with Gasteiger partial charge < -0.3 is 10.4 Å². The third kappa shape index (κ3) is 3.58. The Labute approximate surface area is 124 Å². The molecule has 1 atom stereocenters. The highest BCUT2D eigenvalue weighted by molar-refractivity contribution is 6.01. The van der Waals surface area contributed by atoms with Crippen LogP contribution in [0.2, 0.25) is 0 Å². The SMILES string of the molecule is Cc1nn2cccnc2c1C(=O)NC(CO)CC(C)(C)C. The van der Waals surface area contributed by atoms with Crippen LogP contribution in [0.3, 0.4) is 0 Å². The van der Waals surface area contributed by atoms with E-state index in [4.69, 9.17) is 0 Å². The van der Waals surface area contributed by atoms with Crippen molar-refractivity contribution in [2.75, 3.05) is 6.61 Å². The molecule has 21 heavy (non-hydrogen) atoms. The molecular formula is C15H22N4O2. The number of aromatic nitrogens is 3. The fraction of sp³-hybridized carbons (Fsp3) is 0.533. The first kappa shape index (κ1) is 15.4. The van der Waals surface area contributed by atoms with Gasteiger partial charge >= 0.3 is 0 Å². The molecule has 0 saturated heterocycles. The lowest BCUT2D eigenvalue weighted by Gasteiger charge is -2.25. The smallest absolute Gasteiger partial charge is 0.257 e. The van der Waals surface area contributed by atoms with Gasteiger partial charge in [-0.1, -0.05) is 20.8 Å². The van der Waals surface area contributed by atoms with Crippen LogP contribution in [0.1, 0.15) is 43.2 Å². The van der Waals surface area contributed by atoms with Crippen molar-refractivity contribution in [3.8, 4) is 0 Å². The molecule has 0 aliphatic rings. The summed E-state index contributed by atoms with van der Waals surface area (Å²) in [5.41, 5.74) is 1.64. The van der Waals surface area contributed by atoms with Crippen molar-refractivity contribution in [1.29, 1.82) is 0 Å². The zero-order chi connectivity index (χ0) is 15.6. The Morgan fingerprint density at radius 3 is 2.81 bits per heavy atom. The number of hydrogen-bond acceptors (Lipinski definition) is 4. The summed E-state index contributed by atoms with van der Waals surface area (Å²) in [4.78, 5) is 16.7. The van der Waals surface area contributed by atoms with E-state index in [0.29, 0.717) is 23.3 Å². The Morgan fingerprint density at radius 2 is 2.19 bits per heavy atom. The normalized spacial score (nSPS) is 13.4. The fourth-order valence-electron chi connectivity index (χ4n) is 2.42. The molecule has 1 amide bonds. The number of carbonyl (C=O) groups excluding carboxylic acids is 1. The molecule has 6 heteroatoms. The van der Waals surface area contributed by atoms with E-state index >= 15 is 0 Å². The summed E-state index contributed by atoms with van der Waals surface area (Å²) >= 11 is 0. The highest BCUT2D eigenvalue weighted by atomic mass is 16.3. The zero-order valence-corrected chi connectivity index (χ0v) is 12.9. The number of carbonyl (C=O) groups is 1. The highest BCUT2D eigenvalue weighted by Crippen LogP contribution is 2.21. The number of aliphatic hydroxyl groups is 1. The van der Waals surface area contributed by atoms with E-state index in [9.17, 15) is 9.90 Å². The van der Waals surface area contributed by atoms with Gasteiger partial charge in [0.15, 0.2) is 5.65 Å². The largest absolute Gasteiger partial charge is 0.394 e. The second-order valence-corrected chi connectivity index (χ2v) is 6.47. The van der Waals surface area contributed by atoms with Crippen LogP contribution in [0.4, 0.5) is 0 Å². The molecule has 0 radical (unpaired) electrons. The molecule has 2 rings (SSSR count). The summed E-state index contributed by atoms with van der Waals surface area (Å²) < 4.78 is 1.59. The molecule has 6 nitrogen and oxygen atoms in total. The van der Waals surface area contributed by atoms with Gasteiger partial charge in [0, 0.05) is 12.4 Å². The molecule has 0 aliphatic carbocycles. The predicted octanol–water partition coefficient (Wildman–Crippen LogP) is 1.56. The molecular weight excluding hydrogens is 268 g/mol.